The predicted molar refractivity (Wildman–Crippen MR) is 77.3 cm³/mol. The minimum Gasteiger partial charge on any atom is -0.368 e. The van der Waals surface area contributed by atoms with Gasteiger partial charge in [-0.15, -0.1) is 0 Å². The molecule has 3 rings (SSSR count). The summed E-state index contributed by atoms with van der Waals surface area (Å²) in [5, 5.41) is 10.2. The third-order valence-corrected chi connectivity index (χ3v) is 4.25. The number of aryl methyl sites for hydroxylation is 1. The fourth-order valence-electron chi connectivity index (χ4n) is 2.85. The van der Waals surface area contributed by atoms with Gasteiger partial charge in [0.25, 0.3) is 0 Å². The minimum atomic E-state index is -1.05. The summed E-state index contributed by atoms with van der Waals surface area (Å²) in [5.41, 5.74) is 6.21. The van der Waals surface area contributed by atoms with E-state index < -0.39 is 11.3 Å². The van der Waals surface area contributed by atoms with Crippen molar-refractivity contribution in [2.45, 2.75) is 19.8 Å². The van der Waals surface area contributed by atoms with Crippen molar-refractivity contribution in [3.8, 4) is 6.07 Å². The maximum Gasteiger partial charge on any atom is 0.238 e. The molecule has 3 heterocycles. The number of carbonyl (C=O) groups is 1. The van der Waals surface area contributed by atoms with E-state index in [9.17, 15) is 10.1 Å². The second kappa shape index (κ2) is 4.74. The molecule has 0 aliphatic carbocycles. The van der Waals surface area contributed by atoms with Gasteiger partial charge in [-0.05, 0) is 25.3 Å². The van der Waals surface area contributed by atoms with E-state index >= 15 is 0 Å². The number of carbonyl (C=O) groups excluding carboxylic acids is 1. The van der Waals surface area contributed by atoms with Crippen LogP contribution in [0.5, 0.6) is 0 Å². The molecule has 7 heteroatoms. The first kappa shape index (κ1) is 13.4. The number of H-pyrrole nitrogens is 1. The van der Waals surface area contributed by atoms with Gasteiger partial charge in [0.2, 0.25) is 5.91 Å². The molecule has 0 unspecified atom stereocenters. The molecule has 7 nitrogen and oxygen atoms in total. The van der Waals surface area contributed by atoms with Crippen LogP contribution in [0, 0.1) is 23.7 Å². The lowest BCUT2D eigenvalue weighted by Gasteiger charge is -2.36. The molecule has 0 aromatic carbocycles. The Balaban J connectivity index is 1.92. The van der Waals surface area contributed by atoms with Crippen LogP contribution in [0.4, 0.5) is 5.82 Å². The highest BCUT2D eigenvalue weighted by Gasteiger charge is 2.40. The van der Waals surface area contributed by atoms with Crippen LogP contribution < -0.4 is 10.6 Å². The maximum atomic E-state index is 11.5. The van der Waals surface area contributed by atoms with Crippen molar-refractivity contribution >= 4 is 22.8 Å². The number of aromatic nitrogens is 3. The first-order chi connectivity index (χ1) is 10.1. The van der Waals surface area contributed by atoms with Crippen molar-refractivity contribution in [2.24, 2.45) is 11.1 Å². The summed E-state index contributed by atoms with van der Waals surface area (Å²) in [5.74, 6) is 0.310. The summed E-state index contributed by atoms with van der Waals surface area (Å²) >= 11 is 0. The van der Waals surface area contributed by atoms with Crippen LogP contribution in [0.15, 0.2) is 12.5 Å². The molecular formula is C14H16N6O. The van der Waals surface area contributed by atoms with Crippen LogP contribution in [0.1, 0.15) is 18.4 Å². The lowest BCUT2D eigenvalue weighted by molar-refractivity contribution is -0.125. The smallest absolute Gasteiger partial charge is 0.238 e. The second-order valence-electron chi connectivity index (χ2n) is 5.44. The molecule has 1 saturated heterocycles. The molecule has 21 heavy (non-hydrogen) atoms. The van der Waals surface area contributed by atoms with E-state index in [0.717, 1.165) is 22.4 Å². The normalized spacial score (nSPS) is 17.6. The molecule has 2 aromatic heterocycles. The van der Waals surface area contributed by atoms with E-state index in [4.69, 9.17) is 5.73 Å². The summed E-state index contributed by atoms with van der Waals surface area (Å²) in [6.45, 7) is 3.15. The highest BCUT2D eigenvalue weighted by Crippen LogP contribution is 2.34. The van der Waals surface area contributed by atoms with Gasteiger partial charge >= 0.3 is 0 Å². The standard InChI is InChI=1S/C14H16N6O/c1-9-6-17-11-10(9)12(19-8-18-11)20-4-2-14(7-15,3-5-20)13(16)21/h6,8H,2-5H2,1H3,(H2,16,21)(H,17,18,19). The number of primary amides is 1. The number of fused-ring (bicyclic) bond motifs is 1. The van der Waals surface area contributed by atoms with Gasteiger partial charge in [0.05, 0.1) is 11.5 Å². The average molecular weight is 284 g/mol. The van der Waals surface area contributed by atoms with Crippen LogP contribution in [-0.4, -0.2) is 33.9 Å². The average Bonchev–Trinajstić information content (AvgIpc) is 2.89. The van der Waals surface area contributed by atoms with Gasteiger partial charge in [-0.25, -0.2) is 9.97 Å². The number of nitrogens with zero attached hydrogens (tertiary/aromatic N) is 4. The summed E-state index contributed by atoms with van der Waals surface area (Å²) in [7, 11) is 0. The third kappa shape index (κ3) is 2.00. The molecule has 0 saturated carbocycles. The van der Waals surface area contributed by atoms with Gasteiger partial charge in [0, 0.05) is 19.3 Å². The predicted octanol–water partition coefficient (Wildman–Crippen LogP) is 0.862. The molecule has 1 aliphatic heterocycles. The monoisotopic (exact) mass is 284 g/mol. The van der Waals surface area contributed by atoms with Crippen molar-refractivity contribution in [1.82, 2.24) is 15.0 Å². The van der Waals surface area contributed by atoms with E-state index in [-0.39, 0.29) is 0 Å². The van der Waals surface area contributed by atoms with Crippen molar-refractivity contribution in [3.05, 3.63) is 18.1 Å². The molecule has 0 bridgehead atoms. The van der Waals surface area contributed by atoms with Crippen LogP contribution in [0.2, 0.25) is 0 Å². The first-order valence-electron chi connectivity index (χ1n) is 6.82. The topological polar surface area (TPSA) is 112 Å². The highest BCUT2D eigenvalue weighted by atomic mass is 16.1. The number of nitrogens with two attached hydrogens (primary N) is 1. The number of hydrogen-bond donors (Lipinski definition) is 2. The first-order valence-corrected chi connectivity index (χ1v) is 6.82. The number of amides is 1. The Morgan fingerprint density at radius 1 is 1.48 bits per heavy atom. The summed E-state index contributed by atoms with van der Waals surface area (Å²) in [4.78, 5) is 25.3. The van der Waals surface area contributed by atoms with Crippen LogP contribution in [0.25, 0.3) is 11.0 Å². The molecular weight excluding hydrogens is 268 g/mol. The largest absolute Gasteiger partial charge is 0.368 e. The maximum absolute atomic E-state index is 11.5. The van der Waals surface area contributed by atoms with Crippen LogP contribution in [-0.2, 0) is 4.79 Å². The van der Waals surface area contributed by atoms with E-state index in [1.54, 1.807) is 0 Å². The SMILES string of the molecule is Cc1c[nH]c2ncnc(N3CCC(C#N)(C(N)=O)CC3)c12. The summed E-state index contributed by atoms with van der Waals surface area (Å²) in [6, 6.07) is 2.09. The fourth-order valence-corrected chi connectivity index (χ4v) is 2.85. The Bertz CT molecular complexity index is 735. The van der Waals surface area contributed by atoms with Gasteiger partial charge < -0.3 is 15.6 Å². The van der Waals surface area contributed by atoms with Crippen molar-refractivity contribution in [2.75, 3.05) is 18.0 Å². The van der Waals surface area contributed by atoms with Crippen LogP contribution in [0.3, 0.4) is 0 Å². The zero-order valence-electron chi connectivity index (χ0n) is 11.8. The zero-order chi connectivity index (χ0) is 15.0. The highest BCUT2D eigenvalue weighted by molar-refractivity contribution is 5.91. The molecule has 2 aromatic rings. The van der Waals surface area contributed by atoms with Crippen LogP contribution >= 0.6 is 0 Å². The number of piperidine rings is 1. The van der Waals surface area contributed by atoms with Crippen molar-refractivity contribution in [3.63, 3.8) is 0 Å². The Labute approximate surface area is 121 Å². The number of rotatable bonds is 2. The number of nitrogens with one attached hydrogen (secondary N) is 1. The summed E-state index contributed by atoms with van der Waals surface area (Å²) in [6.07, 6.45) is 4.27. The Morgan fingerprint density at radius 3 is 2.81 bits per heavy atom. The summed E-state index contributed by atoms with van der Waals surface area (Å²) < 4.78 is 0. The van der Waals surface area contributed by atoms with Crippen molar-refractivity contribution in [1.29, 1.82) is 5.26 Å². The molecule has 0 atom stereocenters. The molecule has 1 amide bonds. The second-order valence-corrected chi connectivity index (χ2v) is 5.44. The molecule has 0 radical (unpaired) electrons. The number of aromatic amines is 1. The number of nitriles is 1. The Kier molecular flexibility index (Phi) is 3.01. The lowest BCUT2D eigenvalue weighted by Crippen LogP contribution is -2.46. The fraction of sp³-hybridized carbons (Fsp3) is 0.429. The molecule has 1 aliphatic rings. The molecule has 1 fully saturated rings. The van der Waals surface area contributed by atoms with E-state index in [0.29, 0.717) is 25.9 Å². The molecule has 3 N–H and O–H groups in total. The molecule has 108 valence electrons. The Morgan fingerprint density at radius 2 is 2.19 bits per heavy atom. The Hall–Kier alpha value is -2.62. The van der Waals surface area contributed by atoms with E-state index in [1.807, 2.05) is 13.1 Å². The lowest BCUT2D eigenvalue weighted by atomic mass is 9.79. The zero-order valence-corrected chi connectivity index (χ0v) is 11.8. The quantitative estimate of drug-likeness (QED) is 0.849. The molecule has 0 spiro atoms. The van der Waals surface area contributed by atoms with Gasteiger partial charge in [-0.3, -0.25) is 4.79 Å². The van der Waals surface area contributed by atoms with Gasteiger partial charge in [0.1, 0.15) is 23.2 Å². The third-order valence-electron chi connectivity index (χ3n) is 4.25. The van der Waals surface area contributed by atoms with Crippen molar-refractivity contribution < 1.29 is 4.79 Å². The number of hydrogen-bond acceptors (Lipinski definition) is 5. The van der Waals surface area contributed by atoms with Gasteiger partial charge in [0.15, 0.2) is 0 Å². The van der Waals surface area contributed by atoms with Gasteiger partial charge in [-0.2, -0.15) is 5.26 Å². The minimum absolute atomic E-state index is 0.424. The van der Waals surface area contributed by atoms with E-state index in [2.05, 4.69) is 25.9 Å². The number of anilines is 1. The van der Waals surface area contributed by atoms with Gasteiger partial charge in [-0.1, -0.05) is 0 Å². The van der Waals surface area contributed by atoms with E-state index in [1.165, 1.54) is 6.33 Å².